The first kappa shape index (κ1) is 28.8. The molecule has 0 aliphatic carbocycles. The number of fused-ring (bicyclic) bond motifs is 9. The highest BCUT2D eigenvalue weighted by atomic mass is 16.3. The Bertz CT molecular complexity index is 3090. The van der Waals surface area contributed by atoms with Gasteiger partial charge in [0.25, 0.3) is 0 Å². The molecule has 0 aliphatic rings. The molecule has 0 amide bonds. The van der Waals surface area contributed by atoms with Crippen molar-refractivity contribution in [2.75, 3.05) is 4.90 Å². The van der Waals surface area contributed by atoms with Crippen LogP contribution >= 0.6 is 0 Å². The van der Waals surface area contributed by atoms with Gasteiger partial charge in [0.1, 0.15) is 33.5 Å². The summed E-state index contributed by atoms with van der Waals surface area (Å²) in [4.78, 5) is 2.30. The summed E-state index contributed by atoms with van der Waals surface area (Å²) in [5, 5.41) is 6.51. The zero-order valence-electron chi connectivity index (χ0n) is 27.9. The number of hydrogen-bond acceptors (Lipinski definition) is 4. The minimum absolute atomic E-state index is 0.839. The van der Waals surface area contributed by atoms with Gasteiger partial charge in [-0.2, -0.15) is 0 Å². The lowest BCUT2D eigenvalue weighted by Crippen LogP contribution is -2.09. The van der Waals surface area contributed by atoms with Crippen LogP contribution < -0.4 is 4.90 Å². The second kappa shape index (κ2) is 11.2. The van der Waals surface area contributed by atoms with Gasteiger partial charge in [-0.05, 0) is 77.9 Å². The van der Waals surface area contributed by atoms with Crippen LogP contribution in [0.3, 0.4) is 0 Å². The van der Waals surface area contributed by atoms with Crippen LogP contribution in [0.15, 0.2) is 189 Å². The Balaban J connectivity index is 1.08. The monoisotopic (exact) mass is 667 g/mol. The second-order valence-electron chi connectivity index (χ2n) is 13.2. The van der Waals surface area contributed by atoms with Gasteiger partial charge in [-0.25, -0.2) is 0 Å². The largest absolute Gasteiger partial charge is 0.456 e. The maximum absolute atomic E-state index is 6.77. The smallest absolute Gasteiger partial charge is 0.143 e. The third kappa shape index (κ3) is 4.34. The molecule has 0 saturated carbocycles. The first-order valence-corrected chi connectivity index (χ1v) is 17.5. The quantitative estimate of drug-likeness (QED) is 0.183. The van der Waals surface area contributed by atoms with Crippen molar-refractivity contribution in [3.05, 3.63) is 176 Å². The molecule has 244 valence electrons. The Morgan fingerprint density at radius 2 is 0.865 bits per heavy atom. The standard InChI is InChI=1S/C48H29NO3/c1-3-12-32(13-4-1)49(33-14-5-2-6-15-33)41-21-11-23-44-46(41)40-28-30(25-27-43(40)50-44)34-17-9-20-39-37-26-24-31(29-45(37)52-48(34)39)35-18-10-19-38-36-16-7-8-22-42(36)51-47(35)38/h1-29H. The molecule has 0 N–H and O–H groups in total. The topological polar surface area (TPSA) is 42.7 Å². The van der Waals surface area contributed by atoms with E-state index in [1.807, 2.05) is 24.3 Å². The molecule has 8 aromatic carbocycles. The van der Waals surface area contributed by atoms with Crippen molar-refractivity contribution in [1.29, 1.82) is 0 Å². The van der Waals surface area contributed by atoms with Crippen LogP contribution in [0.5, 0.6) is 0 Å². The van der Waals surface area contributed by atoms with E-state index in [1.165, 1.54) is 0 Å². The molecule has 3 heterocycles. The number of rotatable bonds is 5. The van der Waals surface area contributed by atoms with Crippen LogP contribution in [0.4, 0.5) is 17.1 Å². The molecule has 4 heteroatoms. The molecule has 0 saturated heterocycles. The van der Waals surface area contributed by atoms with E-state index in [0.717, 1.165) is 105 Å². The molecule has 3 aromatic heterocycles. The van der Waals surface area contributed by atoms with Crippen molar-refractivity contribution in [3.63, 3.8) is 0 Å². The lowest BCUT2D eigenvalue weighted by Gasteiger charge is -2.26. The summed E-state index contributed by atoms with van der Waals surface area (Å²) >= 11 is 0. The number of hydrogen-bond donors (Lipinski definition) is 0. The average Bonchev–Trinajstić information content (AvgIpc) is 3.90. The fourth-order valence-electron chi connectivity index (χ4n) is 7.91. The molecule has 0 radical (unpaired) electrons. The third-order valence-electron chi connectivity index (χ3n) is 10.3. The molecule has 0 atom stereocenters. The van der Waals surface area contributed by atoms with Crippen LogP contribution in [0.2, 0.25) is 0 Å². The number of furan rings is 3. The normalized spacial score (nSPS) is 11.8. The Morgan fingerprint density at radius 3 is 1.60 bits per heavy atom. The van der Waals surface area contributed by atoms with E-state index in [2.05, 4.69) is 157 Å². The zero-order chi connectivity index (χ0) is 34.2. The van der Waals surface area contributed by atoms with E-state index in [4.69, 9.17) is 13.3 Å². The minimum atomic E-state index is 0.839. The third-order valence-corrected chi connectivity index (χ3v) is 10.3. The first-order valence-electron chi connectivity index (χ1n) is 17.5. The van der Waals surface area contributed by atoms with Gasteiger partial charge >= 0.3 is 0 Å². The molecular weight excluding hydrogens is 639 g/mol. The lowest BCUT2D eigenvalue weighted by atomic mass is 9.98. The van der Waals surface area contributed by atoms with Gasteiger partial charge < -0.3 is 18.2 Å². The Morgan fingerprint density at radius 1 is 0.327 bits per heavy atom. The summed E-state index contributed by atoms with van der Waals surface area (Å²) in [6.07, 6.45) is 0. The van der Waals surface area contributed by atoms with Gasteiger partial charge in [0, 0.05) is 49.4 Å². The summed E-state index contributed by atoms with van der Waals surface area (Å²) in [7, 11) is 0. The van der Waals surface area contributed by atoms with Gasteiger partial charge in [-0.1, -0.05) is 109 Å². The highest BCUT2D eigenvalue weighted by molar-refractivity contribution is 6.16. The first-order chi connectivity index (χ1) is 25.8. The van der Waals surface area contributed by atoms with E-state index in [9.17, 15) is 0 Å². The Labute approximate surface area is 298 Å². The fraction of sp³-hybridized carbons (Fsp3) is 0. The van der Waals surface area contributed by atoms with E-state index in [0.29, 0.717) is 0 Å². The fourth-order valence-corrected chi connectivity index (χ4v) is 7.91. The molecule has 0 fully saturated rings. The number of benzene rings is 8. The predicted octanol–water partition coefficient (Wildman–Crippen LogP) is 14.2. The molecule has 0 aliphatic heterocycles. The Kier molecular flexibility index (Phi) is 6.22. The van der Waals surface area contributed by atoms with E-state index in [1.54, 1.807) is 0 Å². The summed E-state index contributed by atoms with van der Waals surface area (Å²) in [5.74, 6) is 0. The van der Waals surface area contributed by atoms with Crippen LogP contribution in [0.1, 0.15) is 0 Å². The Hall–Kier alpha value is -7.04. The summed E-state index contributed by atoms with van der Waals surface area (Å²) in [5.41, 5.74) is 12.6. The molecule has 52 heavy (non-hydrogen) atoms. The van der Waals surface area contributed by atoms with Gasteiger partial charge in [-0.15, -0.1) is 0 Å². The molecule has 4 nitrogen and oxygen atoms in total. The SMILES string of the molecule is c1ccc(N(c2ccccc2)c2cccc3oc4ccc(-c5cccc6c5oc5cc(-c7cccc8c7oc7ccccc78)ccc56)cc4c23)cc1. The summed E-state index contributed by atoms with van der Waals surface area (Å²) < 4.78 is 19.6. The van der Waals surface area contributed by atoms with Gasteiger partial charge in [0.15, 0.2) is 0 Å². The highest BCUT2D eigenvalue weighted by Gasteiger charge is 2.21. The van der Waals surface area contributed by atoms with Crippen molar-refractivity contribution >= 4 is 82.9 Å². The highest BCUT2D eigenvalue weighted by Crippen LogP contribution is 2.45. The summed E-state index contributed by atoms with van der Waals surface area (Å²) in [6, 6.07) is 61.2. The average molecular weight is 668 g/mol. The second-order valence-corrected chi connectivity index (χ2v) is 13.2. The predicted molar refractivity (Wildman–Crippen MR) is 214 cm³/mol. The van der Waals surface area contributed by atoms with E-state index < -0.39 is 0 Å². The number of anilines is 3. The van der Waals surface area contributed by atoms with Gasteiger partial charge in [0.05, 0.1) is 11.1 Å². The van der Waals surface area contributed by atoms with Crippen molar-refractivity contribution < 1.29 is 13.3 Å². The lowest BCUT2D eigenvalue weighted by molar-refractivity contribution is 0.667. The summed E-state index contributed by atoms with van der Waals surface area (Å²) in [6.45, 7) is 0. The van der Waals surface area contributed by atoms with E-state index in [-0.39, 0.29) is 0 Å². The number of nitrogens with zero attached hydrogens (tertiary/aromatic N) is 1. The van der Waals surface area contributed by atoms with Crippen molar-refractivity contribution in [2.24, 2.45) is 0 Å². The maximum Gasteiger partial charge on any atom is 0.143 e. The minimum Gasteiger partial charge on any atom is -0.456 e. The van der Waals surface area contributed by atoms with E-state index >= 15 is 0 Å². The van der Waals surface area contributed by atoms with Crippen LogP contribution in [0, 0.1) is 0 Å². The van der Waals surface area contributed by atoms with Crippen molar-refractivity contribution in [1.82, 2.24) is 0 Å². The molecule has 0 spiro atoms. The van der Waals surface area contributed by atoms with Crippen LogP contribution in [0.25, 0.3) is 88.1 Å². The number of para-hydroxylation sites is 5. The van der Waals surface area contributed by atoms with Crippen molar-refractivity contribution in [3.8, 4) is 22.3 Å². The van der Waals surface area contributed by atoms with Crippen LogP contribution in [-0.4, -0.2) is 0 Å². The molecule has 11 aromatic rings. The van der Waals surface area contributed by atoms with Gasteiger partial charge in [0.2, 0.25) is 0 Å². The van der Waals surface area contributed by atoms with Gasteiger partial charge in [-0.3, -0.25) is 0 Å². The molecular formula is C48H29NO3. The molecule has 0 unspecified atom stereocenters. The zero-order valence-corrected chi connectivity index (χ0v) is 27.9. The molecule has 0 bridgehead atoms. The van der Waals surface area contributed by atoms with Crippen molar-refractivity contribution in [2.45, 2.75) is 0 Å². The maximum atomic E-state index is 6.77. The molecule has 11 rings (SSSR count). The van der Waals surface area contributed by atoms with Crippen LogP contribution in [-0.2, 0) is 0 Å².